The van der Waals surface area contributed by atoms with Gasteiger partial charge in [-0.15, -0.1) is 0 Å². The summed E-state index contributed by atoms with van der Waals surface area (Å²) in [7, 11) is 0. The lowest BCUT2D eigenvalue weighted by Gasteiger charge is -2.29. The number of Topliss-reactive ketones (excluding diaryl/α,β-unsaturated/α-hetero) is 1. The topological polar surface area (TPSA) is 75.7 Å². The molecule has 1 fully saturated rings. The predicted octanol–water partition coefficient (Wildman–Crippen LogP) is 6.78. The average Bonchev–Trinajstić information content (AvgIpc) is 3.62. The minimum Gasteiger partial charge on any atom is -0.299 e. The van der Waals surface area contributed by atoms with E-state index in [1.807, 2.05) is 18.2 Å². The lowest BCUT2D eigenvalue weighted by Crippen LogP contribution is -2.37. The van der Waals surface area contributed by atoms with Gasteiger partial charge < -0.3 is 0 Å². The number of nitrogens with one attached hydrogen (secondary N) is 1. The van der Waals surface area contributed by atoms with Gasteiger partial charge in [0.25, 0.3) is 6.43 Å². The van der Waals surface area contributed by atoms with Crippen molar-refractivity contribution in [2.45, 2.75) is 71.1 Å². The van der Waals surface area contributed by atoms with Gasteiger partial charge in [-0.1, -0.05) is 56.6 Å². The minimum atomic E-state index is -2.70. The van der Waals surface area contributed by atoms with Crippen molar-refractivity contribution in [3.05, 3.63) is 69.1 Å². The van der Waals surface area contributed by atoms with Gasteiger partial charge in [0.2, 0.25) is 0 Å². The molecule has 0 amide bonds. The number of ketones is 1. The summed E-state index contributed by atoms with van der Waals surface area (Å²) in [6.45, 7) is 5.45. The fraction of sp³-hybridized carbons (Fsp3) is 0.429. The van der Waals surface area contributed by atoms with Crippen LogP contribution in [0.3, 0.4) is 0 Å². The van der Waals surface area contributed by atoms with Gasteiger partial charge in [-0.2, -0.15) is 4.98 Å². The number of carbonyl (C=O) groups excluding carboxylic acids is 1. The molecule has 1 aliphatic rings. The van der Waals surface area contributed by atoms with Crippen LogP contribution < -0.4 is 5.69 Å². The Morgan fingerprint density at radius 2 is 1.86 bits per heavy atom. The van der Waals surface area contributed by atoms with Gasteiger partial charge in [-0.3, -0.25) is 9.78 Å². The third kappa shape index (κ3) is 5.12. The maximum absolute atomic E-state index is 13.7. The second-order valence-electron chi connectivity index (χ2n) is 9.87. The molecule has 0 bridgehead atoms. The zero-order chi connectivity index (χ0) is 26.1. The average molecular weight is 514 g/mol. The maximum Gasteiger partial charge on any atom is 0.348 e. The molecular weight excluding hydrogens is 484 g/mol. The molecule has 2 aromatic carbocycles. The molecule has 0 saturated heterocycles. The van der Waals surface area contributed by atoms with Gasteiger partial charge in [-0.25, -0.2) is 18.6 Å². The van der Waals surface area contributed by atoms with E-state index in [1.165, 1.54) is 5.56 Å². The Hall–Kier alpha value is -2.93. The van der Waals surface area contributed by atoms with E-state index in [2.05, 4.69) is 27.9 Å². The fourth-order valence-corrected chi connectivity index (χ4v) is 4.85. The SMILES string of the molecule is CCC(CC)(C(=O)CCc1ccc(Cl)c(-c2nc(-c3cccc(C4(C)CC4)c3)nc(=O)[nH]2)c1)C(F)F. The van der Waals surface area contributed by atoms with Crippen LogP contribution >= 0.6 is 11.6 Å². The Labute approximate surface area is 214 Å². The van der Waals surface area contributed by atoms with E-state index in [4.69, 9.17) is 11.6 Å². The van der Waals surface area contributed by atoms with Crippen molar-refractivity contribution in [3.63, 3.8) is 0 Å². The predicted molar refractivity (Wildman–Crippen MR) is 137 cm³/mol. The summed E-state index contributed by atoms with van der Waals surface area (Å²) in [4.78, 5) is 36.5. The van der Waals surface area contributed by atoms with E-state index >= 15 is 0 Å². The quantitative estimate of drug-likeness (QED) is 0.324. The van der Waals surface area contributed by atoms with Crippen LogP contribution in [-0.2, 0) is 16.6 Å². The molecule has 1 heterocycles. The first-order valence-corrected chi connectivity index (χ1v) is 12.7. The standard InChI is InChI=1S/C28H30ClF2N3O2/c1-4-28(5-2,25(30)31)22(35)12-10-17-9-11-21(29)20(15-17)24-32-23(33-26(36)34-24)18-7-6-8-19(16-18)27(3)13-14-27/h6-9,11,15-16,25H,4-5,10,12-14H2,1-3H3,(H,32,33,34,36). The van der Waals surface area contributed by atoms with Crippen molar-refractivity contribution >= 4 is 17.4 Å². The Balaban J connectivity index is 1.62. The van der Waals surface area contributed by atoms with Crippen LogP contribution in [0, 0.1) is 5.41 Å². The molecule has 1 N–H and O–H groups in total. The highest BCUT2D eigenvalue weighted by molar-refractivity contribution is 6.33. The number of halogens is 3. The third-order valence-electron chi connectivity index (χ3n) is 7.63. The first-order valence-electron chi connectivity index (χ1n) is 12.3. The van der Waals surface area contributed by atoms with Crippen molar-refractivity contribution in [1.82, 2.24) is 15.0 Å². The number of carbonyl (C=O) groups is 1. The first kappa shape index (κ1) is 26.1. The molecule has 1 aliphatic carbocycles. The van der Waals surface area contributed by atoms with Crippen LogP contribution in [0.5, 0.6) is 0 Å². The summed E-state index contributed by atoms with van der Waals surface area (Å²) < 4.78 is 27.4. The molecule has 1 saturated carbocycles. The number of aromatic nitrogens is 3. The van der Waals surface area contributed by atoms with Crippen LogP contribution in [0.15, 0.2) is 47.3 Å². The van der Waals surface area contributed by atoms with E-state index in [1.54, 1.807) is 32.0 Å². The molecular formula is C28H30ClF2N3O2. The molecule has 0 unspecified atom stereocenters. The summed E-state index contributed by atoms with van der Waals surface area (Å²) in [5.41, 5.74) is 1.15. The van der Waals surface area contributed by atoms with Crippen molar-refractivity contribution in [3.8, 4) is 22.8 Å². The zero-order valence-electron chi connectivity index (χ0n) is 20.7. The first-order chi connectivity index (χ1) is 17.1. The lowest BCUT2D eigenvalue weighted by molar-refractivity contribution is -0.139. The minimum absolute atomic E-state index is 0.00973. The van der Waals surface area contributed by atoms with Crippen molar-refractivity contribution in [2.75, 3.05) is 0 Å². The van der Waals surface area contributed by atoms with Gasteiger partial charge in [0, 0.05) is 17.5 Å². The van der Waals surface area contributed by atoms with Crippen LogP contribution in [0.1, 0.15) is 64.0 Å². The smallest absolute Gasteiger partial charge is 0.299 e. The highest BCUT2D eigenvalue weighted by Gasteiger charge is 2.43. The van der Waals surface area contributed by atoms with Gasteiger partial charge in [0.1, 0.15) is 11.6 Å². The van der Waals surface area contributed by atoms with Gasteiger partial charge in [0.15, 0.2) is 5.82 Å². The van der Waals surface area contributed by atoms with Crippen LogP contribution in [-0.4, -0.2) is 27.2 Å². The Kier molecular flexibility index (Phi) is 7.41. The maximum atomic E-state index is 13.7. The van der Waals surface area contributed by atoms with E-state index in [0.717, 1.165) is 24.0 Å². The Morgan fingerprint density at radius 3 is 2.50 bits per heavy atom. The number of benzene rings is 2. The van der Waals surface area contributed by atoms with Crippen LogP contribution in [0.25, 0.3) is 22.8 Å². The molecule has 5 nitrogen and oxygen atoms in total. The van der Waals surface area contributed by atoms with E-state index < -0.39 is 23.3 Å². The highest BCUT2D eigenvalue weighted by atomic mass is 35.5. The largest absolute Gasteiger partial charge is 0.348 e. The second-order valence-corrected chi connectivity index (χ2v) is 10.3. The molecule has 3 aromatic rings. The normalized spacial score (nSPS) is 14.8. The van der Waals surface area contributed by atoms with Gasteiger partial charge in [0.05, 0.1) is 10.4 Å². The molecule has 36 heavy (non-hydrogen) atoms. The monoisotopic (exact) mass is 513 g/mol. The zero-order valence-corrected chi connectivity index (χ0v) is 21.5. The summed E-state index contributed by atoms with van der Waals surface area (Å²) >= 11 is 6.45. The fourth-order valence-electron chi connectivity index (χ4n) is 4.64. The Bertz CT molecular complexity index is 1330. The number of rotatable bonds is 10. The molecule has 0 aliphatic heterocycles. The molecule has 4 rings (SSSR count). The molecule has 1 aromatic heterocycles. The van der Waals surface area contributed by atoms with E-state index in [0.29, 0.717) is 16.4 Å². The van der Waals surface area contributed by atoms with Crippen molar-refractivity contribution < 1.29 is 13.6 Å². The number of H-pyrrole nitrogens is 1. The van der Waals surface area contributed by atoms with Crippen LogP contribution in [0.4, 0.5) is 8.78 Å². The number of aryl methyl sites for hydroxylation is 1. The van der Waals surface area contributed by atoms with Crippen molar-refractivity contribution in [2.24, 2.45) is 5.41 Å². The number of hydrogen-bond donors (Lipinski definition) is 1. The Morgan fingerprint density at radius 1 is 1.14 bits per heavy atom. The molecule has 190 valence electrons. The number of hydrogen-bond acceptors (Lipinski definition) is 4. The lowest BCUT2D eigenvalue weighted by atomic mass is 9.76. The number of alkyl halides is 2. The second kappa shape index (κ2) is 10.2. The molecule has 0 spiro atoms. The summed E-state index contributed by atoms with van der Waals surface area (Å²) in [6, 6.07) is 13.1. The van der Waals surface area contributed by atoms with Crippen LogP contribution in [0.2, 0.25) is 5.02 Å². The third-order valence-corrected chi connectivity index (χ3v) is 7.96. The van der Waals surface area contributed by atoms with E-state index in [-0.39, 0.29) is 36.9 Å². The summed E-state index contributed by atoms with van der Waals surface area (Å²) in [6.07, 6.45) is 0.000247. The van der Waals surface area contributed by atoms with E-state index in [9.17, 15) is 18.4 Å². The highest BCUT2D eigenvalue weighted by Crippen LogP contribution is 2.48. The molecule has 0 atom stereocenters. The number of aromatic amines is 1. The van der Waals surface area contributed by atoms with Gasteiger partial charge in [-0.05, 0) is 66.8 Å². The molecule has 8 heteroatoms. The van der Waals surface area contributed by atoms with Crippen molar-refractivity contribution in [1.29, 1.82) is 0 Å². The summed E-state index contributed by atoms with van der Waals surface area (Å²) in [5.74, 6) is 0.111. The summed E-state index contributed by atoms with van der Waals surface area (Å²) in [5, 5.41) is 0.369. The van der Waals surface area contributed by atoms with Gasteiger partial charge >= 0.3 is 5.69 Å². The molecule has 0 radical (unpaired) electrons. The number of nitrogens with zero attached hydrogens (tertiary/aromatic N) is 2.